The maximum Gasteiger partial charge on any atom is 0.417 e. The van der Waals surface area contributed by atoms with Gasteiger partial charge in [0.2, 0.25) is 5.91 Å². The summed E-state index contributed by atoms with van der Waals surface area (Å²) >= 11 is 0. The zero-order valence-electron chi connectivity index (χ0n) is 20.2. The number of nitrogens with two attached hydrogens (primary N) is 1. The number of hydrazine groups is 1. The largest absolute Gasteiger partial charge is 0.417 e. The lowest BCUT2D eigenvalue weighted by molar-refractivity contribution is -0.146. The van der Waals surface area contributed by atoms with Crippen molar-refractivity contribution in [1.29, 1.82) is 0 Å². The average Bonchev–Trinajstić information content (AvgIpc) is 3.64. The first kappa shape index (κ1) is 24.5. The quantitative estimate of drug-likeness (QED) is 0.407. The van der Waals surface area contributed by atoms with Crippen molar-refractivity contribution in [3.8, 4) is 0 Å². The molecule has 3 aromatic heterocycles. The Hall–Kier alpha value is -4.22. The van der Waals surface area contributed by atoms with Gasteiger partial charge in [0.25, 0.3) is 5.91 Å². The van der Waals surface area contributed by atoms with Crippen LogP contribution in [0.15, 0.2) is 42.7 Å². The molecular weight excluding hydrogens is 487 g/mol. The highest BCUT2D eigenvalue weighted by molar-refractivity contribution is 6.10. The van der Waals surface area contributed by atoms with Crippen molar-refractivity contribution < 1.29 is 22.8 Å². The Morgan fingerprint density at radius 3 is 2.49 bits per heavy atom. The molecule has 1 aliphatic carbocycles. The zero-order chi connectivity index (χ0) is 26.5. The third-order valence-electron chi connectivity index (χ3n) is 6.42. The number of pyridine rings is 2. The third kappa shape index (κ3) is 4.54. The van der Waals surface area contributed by atoms with Gasteiger partial charge in [-0.1, -0.05) is 0 Å². The summed E-state index contributed by atoms with van der Waals surface area (Å²) in [5.74, 6) is -0.552. The van der Waals surface area contributed by atoms with Gasteiger partial charge in [-0.15, -0.1) is 0 Å². The summed E-state index contributed by atoms with van der Waals surface area (Å²) in [4.78, 5) is 35.2. The maximum atomic E-state index is 13.8. The SMILES string of the molecule is CCN(C(=O)C1CC1)N(Cc1ccc(C(F)(F)F)cn1)C(=O)c1ccc2nc(N)c3cnn(C)c3c2c1. The molecule has 37 heavy (non-hydrogen) atoms. The van der Waals surface area contributed by atoms with Crippen LogP contribution in [-0.2, 0) is 24.6 Å². The molecule has 1 aliphatic rings. The highest BCUT2D eigenvalue weighted by Crippen LogP contribution is 2.33. The van der Waals surface area contributed by atoms with Gasteiger partial charge in [-0.25, -0.2) is 9.99 Å². The molecule has 2 N–H and O–H groups in total. The van der Waals surface area contributed by atoms with E-state index in [4.69, 9.17) is 5.73 Å². The number of fused-ring (bicyclic) bond motifs is 3. The van der Waals surface area contributed by atoms with E-state index in [1.54, 1.807) is 43.0 Å². The van der Waals surface area contributed by atoms with Gasteiger partial charge >= 0.3 is 6.18 Å². The molecule has 192 valence electrons. The Bertz CT molecular complexity index is 1510. The fourth-order valence-corrected chi connectivity index (χ4v) is 4.33. The van der Waals surface area contributed by atoms with Crippen LogP contribution in [0.4, 0.5) is 19.0 Å². The second kappa shape index (κ2) is 9.02. The summed E-state index contributed by atoms with van der Waals surface area (Å²) in [6.07, 6.45) is -0.740. The molecule has 0 spiro atoms. The first-order valence-corrected chi connectivity index (χ1v) is 11.7. The molecule has 9 nitrogen and oxygen atoms in total. The second-order valence-corrected chi connectivity index (χ2v) is 8.99. The van der Waals surface area contributed by atoms with Gasteiger partial charge in [-0.3, -0.25) is 24.3 Å². The van der Waals surface area contributed by atoms with Crippen LogP contribution in [0.1, 0.15) is 41.4 Å². The van der Waals surface area contributed by atoms with E-state index >= 15 is 0 Å². The maximum absolute atomic E-state index is 13.8. The summed E-state index contributed by atoms with van der Waals surface area (Å²) < 4.78 is 40.7. The summed E-state index contributed by atoms with van der Waals surface area (Å²) in [5, 5.41) is 8.15. The fraction of sp³-hybridized carbons (Fsp3) is 0.320. The van der Waals surface area contributed by atoms with E-state index in [2.05, 4.69) is 15.1 Å². The van der Waals surface area contributed by atoms with Crippen LogP contribution >= 0.6 is 0 Å². The molecule has 0 saturated heterocycles. The minimum Gasteiger partial charge on any atom is -0.383 e. The number of aromatic nitrogens is 4. The fourth-order valence-electron chi connectivity index (χ4n) is 4.33. The van der Waals surface area contributed by atoms with E-state index in [0.29, 0.717) is 27.6 Å². The highest BCUT2D eigenvalue weighted by atomic mass is 19.4. The topological polar surface area (TPSA) is 110 Å². The number of hydrogen-bond acceptors (Lipinski definition) is 6. The highest BCUT2D eigenvalue weighted by Gasteiger charge is 2.37. The Labute approximate surface area is 209 Å². The standard InChI is InChI=1S/C25H24F3N7O2/c1-3-34(23(36)14-4-5-14)35(13-17-8-7-16(11-30-17)25(26,27)28)24(37)15-6-9-20-18(10-15)21-19(22(29)32-20)12-31-33(21)2/h6-12,14H,3-5,13H2,1-2H3,(H2,29,32). The number of hydrogen-bond donors (Lipinski definition) is 1. The Morgan fingerprint density at radius 2 is 1.86 bits per heavy atom. The van der Waals surface area contributed by atoms with Crippen LogP contribution in [0.25, 0.3) is 21.8 Å². The molecule has 0 atom stereocenters. The third-order valence-corrected chi connectivity index (χ3v) is 6.42. The van der Waals surface area contributed by atoms with Crippen LogP contribution in [0, 0.1) is 5.92 Å². The van der Waals surface area contributed by atoms with Crippen molar-refractivity contribution in [3.05, 3.63) is 59.5 Å². The van der Waals surface area contributed by atoms with E-state index in [9.17, 15) is 22.8 Å². The molecule has 5 rings (SSSR count). The minimum atomic E-state index is -4.53. The first-order chi connectivity index (χ1) is 17.6. The smallest absolute Gasteiger partial charge is 0.383 e. The van der Waals surface area contributed by atoms with Gasteiger partial charge in [-0.2, -0.15) is 18.3 Å². The van der Waals surface area contributed by atoms with Gasteiger partial charge in [0.15, 0.2) is 0 Å². The number of alkyl halides is 3. The van der Waals surface area contributed by atoms with E-state index in [0.717, 1.165) is 25.1 Å². The van der Waals surface area contributed by atoms with Crippen molar-refractivity contribution in [2.24, 2.45) is 13.0 Å². The van der Waals surface area contributed by atoms with Crippen LogP contribution in [0.3, 0.4) is 0 Å². The molecule has 1 aromatic carbocycles. The molecule has 0 bridgehead atoms. The predicted molar refractivity (Wildman–Crippen MR) is 130 cm³/mol. The second-order valence-electron chi connectivity index (χ2n) is 8.99. The number of rotatable bonds is 5. The number of halogens is 3. The molecule has 2 amide bonds. The summed E-state index contributed by atoms with van der Waals surface area (Å²) in [7, 11) is 1.76. The predicted octanol–water partition coefficient (Wildman–Crippen LogP) is 3.93. The monoisotopic (exact) mass is 511 g/mol. The number of benzene rings is 1. The van der Waals surface area contributed by atoms with Crippen LogP contribution in [-0.4, -0.2) is 48.1 Å². The minimum absolute atomic E-state index is 0.173. The molecule has 4 aromatic rings. The Balaban J connectivity index is 1.56. The number of carbonyl (C=O) groups excluding carboxylic acids is 2. The number of amides is 2. The van der Waals surface area contributed by atoms with E-state index < -0.39 is 17.6 Å². The number of anilines is 1. The zero-order valence-corrected chi connectivity index (χ0v) is 20.2. The van der Waals surface area contributed by atoms with Crippen LogP contribution in [0.5, 0.6) is 0 Å². The Kier molecular flexibility index (Phi) is 5.97. The van der Waals surface area contributed by atoms with Gasteiger partial charge in [0.1, 0.15) is 5.82 Å². The molecule has 0 unspecified atom stereocenters. The molecule has 0 radical (unpaired) electrons. The van der Waals surface area contributed by atoms with E-state index in [1.165, 1.54) is 16.1 Å². The number of nitrogen functional groups attached to an aromatic ring is 1. The molecule has 1 saturated carbocycles. The van der Waals surface area contributed by atoms with Crippen molar-refractivity contribution in [3.63, 3.8) is 0 Å². The molecule has 12 heteroatoms. The number of aryl methyl sites for hydroxylation is 1. The van der Waals surface area contributed by atoms with Crippen molar-refractivity contribution in [2.75, 3.05) is 12.3 Å². The van der Waals surface area contributed by atoms with Gasteiger partial charge in [0.05, 0.1) is 40.4 Å². The van der Waals surface area contributed by atoms with Gasteiger partial charge < -0.3 is 5.73 Å². The van der Waals surface area contributed by atoms with Gasteiger partial charge in [0, 0.05) is 36.7 Å². The number of carbonyl (C=O) groups is 2. The van der Waals surface area contributed by atoms with Crippen molar-refractivity contribution in [1.82, 2.24) is 29.8 Å². The van der Waals surface area contributed by atoms with E-state index in [1.807, 2.05) is 0 Å². The normalized spacial score (nSPS) is 13.8. The van der Waals surface area contributed by atoms with Crippen LogP contribution < -0.4 is 5.73 Å². The lowest BCUT2D eigenvalue weighted by Crippen LogP contribution is -2.50. The molecular formula is C25H24F3N7O2. The molecule has 0 aliphatic heterocycles. The van der Waals surface area contributed by atoms with Crippen LogP contribution in [0.2, 0.25) is 0 Å². The lowest BCUT2D eigenvalue weighted by Gasteiger charge is -2.34. The lowest BCUT2D eigenvalue weighted by atomic mass is 10.1. The van der Waals surface area contributed by atoms with Crippen molar-refractivity contribution in [2.45, 2.75) is 32.5 Å². The summed E-state index contributed by atoms with van der Waals surface area (Å²) in [6, 6.07) is 7.04. The number of nitrogens with zero attached hydrogens (tertiary/aromatic N) is 6. The van der Waals surface area contributed by atoms with Gasteiger partial charge in [-0.05, 0) is 50.1 Å². The summed E-state index contributed by atoms with van der Waals surface area (Å²) in [6.45, 7) is 1.77. The summed E-state index contributed by atoms with van der Waals surface area (Å²) in [5.41, 5.74) is 6.94. The average molecular weight is 512 g/mol. The van der Waals surface area contributed by atoms with E-state index in [-0.39, 0.29) is 36.2 Å². The molecule has 3 heterocycles. The Morgan fingerprint density at radius 1 is 1.11 bits per heavy atom. The van der Waals surface area contributed by atoms with Crippen molar-refractivity contribution >= 4 is 39.4 Å². The molecule has 1 fully saturated rings. The first-order valence-electron chi connectivity index (χ1n) is 11.7.